The summed E-state index contributed by atoms with van der Waals surface area (Å²) in [6, 6.07) is 7.02. The van der Waals surface area contributed by atoms with E-state index in [9.17, 15) is 9.90 Å². The van der Waals surface area contributed by atoms with Crippen LogP contribution in [0, 0.1) is 0 Å². The Morgan fingerprint density at radius 3 is 2.75 bits per heavy atom. The largest absolute Gasteiger partial charge is 0.506 e. The highest BCUT2D eigenvalue weighted by molar-refractivity contribution is 6.11. The molecule has 0 aliphatic carbocycles. The number of phenols is 1. The van der Waals surface area contributed by atoms with E-state index in [0.29, 0.717) is 22.8 Å². The standard InChI is InChI=1S/C22H20O6/c1-22(2)9-8-14-17(28-22)11-19(25-3)20(21(14)24)15(23)6-4-13-5-7-16-18(10-13)27-12-26-16/h4-11,24H,12H2,1-3H3/b6-4+. The fourth-order valence-electron chi connectivity index (χ4n) is 3.16. The first-order chi connectivity index (χ1) is 13.4. The number of ether oxygens (including phenoxy) is 4. The molecule has 0 atom stereocenters. The molecule has 0 unspecified atom stereocenters. The molecule has 0 fully saturated rings. The highest BCUT2D eigenvalue weighted by Crippen LogP contribution is 2.43. The summed E-state index contributed by atoms with van der Waals surface area (Å²) in [5, 5.41) is 10.7. The molecule has 28 heavy (non-hydrogen) atoms. The average molecular weight is 380 g/mol. The quantitative estimate of drug-likeness (QED) is 0.633. The predicted octanol–water partition coefficient (Wildman–Crippen LogP) is 4.21. The summed E-state index contributed by atoms with van der Waals surface area (Å²) < 4.78 is 21.8. The number of methoxy groups -OCH3 is 1. The fraction of sp³-hybridized carbons (Fsp3) is 0.227. The van der Waals surface area contributed by atoms with Gasteiger partial charge in [-0.25, -0.2) is 0 Å². The zero-order chi connectivity index (χ0) is 19.9. The van der Waals surface area contributed by atoms with Crippen LogP contribution in [0.1, 0.15) is 35.3 Å². The summed E-state index contributed by atoms with van der Waals surface area (Å²) >= 11 is 0. The predicted molar refractivity (Wildman–Crippen MR) is 104 cm³/mol. The van der Waals surface area contributed by atoms with E-state index < -0.39 is 5.60 Å². The molecule has 0 aromatic heterocycles. The summed E-state index contributed by atoms with van der Waals surface area (Å²) in [4.78, 5) is 12.8. The molecule has 0 saturated carbocycles. The fourth-order valence-corrected chi connectivity index (χ4v) is 3.16. The minimum absolute atomic E-state index is 0.0891. The summed E-state index contributed by atoms with van der Waals surface area (Å²) in [6.45, 7) is 4.00. The molecule has 6 heteroatoms. The molecule has 2 aromatic rings. The maximum absolute atomic E-state index is 12.8. The molecule has 2 aliphatic heterocycles. The van der Waals surface area contributed by atoms with Gasteiger partial charge < -0.3 is 24.1 Å². The highest BCUT2D eigenvalue weighted by atomic mass is 16.7. The molecule has 0 amide bonds. The van der Waals surface area contributed by atoms with Gasteiger partial charge in [-0.15, -0.1) is 0 Å². The molecule has 144 valence electrons. The van der Waals surface area contributed by atoms with Crippen molar-refractivity contribution in [3.63, 3.8) is 0 Å². The zero-order valence-corrected chi connectivity index (χ0v) is 15.8. The number of rotatable bonds is 4. The SMILES string of the molecule is COc1cc2c(c(O)c1C(=O)/C=C/c1ccc3c(c1)OCO3)C=CC(C)(C)O2. The van der Waals surface area contributed by atoms with Crippen molar-refractivity contribution in [3.05, 3.63) is 53.1 Å². The number of aromatic hydroxyl groups is 1. The molecule has 6 nitrogen and oxygen atoms in total. The molecule has 0 radical (unpaired) electrons. The maximum Gasteiger partial charge on any atom is 0.231 e. The lowest BCUT2D eigenvalue weighted by Gasteiger charge is -2.29. The molecule has 2 aromatic carbocycles. The lowest BCUT2D eigenvalue weighted by Crippen LogP contribution is -2.27. The van der Waals surface area contributed by atoms with Gasteiger partial charge in [0.15, 0.2) is 17.3 Å². The normalized spacial score (nSPS) is 16.0. The Balaban J connectivity index is 1.67. The number of ketones is 1. The van der Waals surface area contributed by atoms with E-state index in [4.69, 9.17) is 18.9 Å². The van der Waals surface area contributed by atoms with E-state index in [0.717, 1.165) is 5.56 Å². The monoisotopic (exact) mass is 380 g/mol. The Morgan fingerprint density at radius 1 is 1.18 bits per heavy atom. The van der Waals surface area contributed by atoms with Gasteiger partial charge in [-0.1, -0.05) is 12.1 Å². The van der Waals surface area contributed by atoms with E-state index in [1.807, 2.05) is 26.0 Å². The van der Waals surface area contributed by atoms with Crippen LogP contribution in [0.5, 0.6) is 28.7 Å². The van der Waals surface area contributed by atoms with Crippen LogP contribution in [0.4, 0.5) is 0 Å². The van der Waals surface area contributed by atoms with Gasteiger partial charge in [0, 0.05) is 6.07 Å². The van der Waals surface area contributed by atoms with Crippen LogP contribution in [0.2, 0.25) is 0 Å². The number of carbonyl (C=O) groups excluding carboxylic acids is 1. The molecule has 1 N–H and O–H groups in total. The van der Waals surface area contributed by atoms with Crippen molar-refractivity contribution < 1.29 is 28.8 Å². The van der Waals surface area contributed by atoms with Crippen LogP contribution in [-0.2, 0) is 0 Å². The number of fused-ring (bicyclic) bond motifs is 2. The number of phenolic OH excluding ortho intramolecular Hbond substituents is 1. The summed E-state index contributed by atoms with van der Waals surface area (Å²) in [5.41, 5.74) is 0.819. The second-order valence-electron chi connectivity index (χ2n) is 7.06. The Bertz CT molecular complexity index is 1020. The van der Waals surface area contributed by atoms with E-state index in [-0.39, 0.29) is 29.6 Å². The average Bonchev–Trinajstić information content (AvgIpc) is 3.12. The second-order valence-corrected chi connectivity index (χ2v) is 7.06. The first kappa shape index (κ1) is 18.0. The number of carbonyl (C=O) groups is 1. The van der Waals surface area contributed by atoms with Crippen molar-refractivity contribution in [2.75, 3.05) is 13.9 Å². The Morgan fingerprint density at radius 2 is 1.96 bits per heavy atom. The van der Waals surface area contributed by atoms with E-state index in [2.05, 4.69) is 0 Å². The van der Waals surface area contributed by atoms with Gasteiger partial charge in [-0.05, 0) is 49.8 Å². The van der Waals surface area contributed by atoms with Crippen LogP contribution in [0.15, 0.2) is 36.4 Å². The smallest absolute Gasteiger partial charge is 0.231 e. The lowest BCUT2D eigenvalue weighted by atomic mass is 9.97. The molecule has 0 spiro atoms. The summed E-state index contributed by atoms with van der Waals surface area (Å²) in [6.07, 6.45) is 6.63. The minimum Gasteiger partial charge on any atom is -0.506 e. The number of allylic oxidation sites excluding steroid dienone is 1. The molecule has 2 aliphatic rings. The zero-order valence-electron chi connectivity index (χ0n) is 15.8. The van der Waals surface area contributed by atoms with Crippen LogP contribution < -0.4 is 18.9 Å². The van der Waals surface area contributed by atoms with Gasteiger partial charge >= 0.3 is 0 Å². The Labute approximate surface area is 162 Å². The van der Waals surface area contributed by atoms with Crippen molar-refractivity contribution in [2.24, 2.45) is 0 Å². The molecular formula is C22H20O6. The summed E-state index contributed by atoms with van der Waals surface area (Å²) in [5.74, 6) is 1.48. The molecule has 2 heterocycles. The highest BCUT2D eigenvalue weighted by Gasteiger charge is 2.28. The first-order valence-electron chi connectivity index (χ1n) is 8.82. The number of benzene rings is 2. The summed E-state index contributed by atoms with van der Waals surface area (Å²) in [7, 11) is 1.45. The van der Waals surface area contributed by atoms with Gasteiger partial charge in [-0.3, -0.25) is 4.79 Å². The molecular weight excluding hydrogens is 360 g/mol. The van der Waals surface area contributed by atoms with Crippen molar-refractivity contribution in [2.45, 2.75) is 19.4 Å². The first-order valence-corrected chi connectivity index (χ1v) is 8.82. The van der Waals surface area contributed by atoms with Crippen LogP contribution in [0.25, 0.3) is 12.2 Å². The van der Waals surface area contributed by atoms with Gasteiger partial charge in [0.05, 0.1) is 12.7 Å². The van der Waals surface area contributed by atoms with Crippen molar-refractivity contribution >= 4 is 17.9 Å². The molecule has 4 rings (SSSR count). The van der Waals surface area contributed by atoms with E-state index >= 15 is 0 Å². The van der Waals surface area contributed by atoms with Crippen molar-refractivity contribution in [1.82, 2.24) is 0 Å². The molecule has 0 saturated heterocycles. The third-order valence-corrected chi connectivity index (χ3v) is 4.58. The van der Waals surface area contributed by atoms with Crippen molar-refractivity contribution in [1.29, 1.82) is 0 Å². The number of hydrogen-bond acceptors (Lipinski definition) is 6. The third-order valence-electron chi connectivity index (χ3n) is 4.58. The topological polar surface area (TPSA) is 74.2 Å². The van der Waals surface area contributed by atoms with Crippen LogP contribution in [0.3, 0.4) is 0 Å². The van der Waals surface area contributed by atoms with Gasteiger partial charge in [0.1, 0.15) is 28.4 Å². The van der Waals surface area contributed by atoms with Crippen molar-refractivity contribution in [3.8, 4) is 28.7 Å². The maximum atomic E-state index is 12.8. The third kappa shape index (κ3) is 3.17. The van der Waals surface area contributed by atoms with E-state index in [1.54, 1.807) is 30.4 Å². The van der Waals surface area contributed by atoms with E-state index in [1.165, 1.54) is 13.2 Å². The van der Waals surface area contributed by atoms with Gasteiger partial charge in [-0.2, -0.15) is 0 Å². The minimum atomic E-state index is -0.505. The Kier molecular flexibility index (Phi) is 4.26. The van der Waals surface area contributed by atoms with Crippen LogP contribution >= 0.6 is 0 Å². The van der Waals surface area contributed by atoms with Gasteiger partial charge in [0.2, 0.25) is 6.79 Å². The lowest BCUT2D eigenvalue weighted by molar-refractivity contribution is 0.104. The van der Waals surface area contributed by atoms with Crippen LogP contribution in [-0.4, -0.2) is 30.4 Å². The number of hydrogen-bond donors (Lipinski definition) is 1. The molecule has 0 bridgehead atoms. The second kappa shape index (κ2) is 6.64. The van der Waals surface area contributed by atoms with Gasteiger partial charge in [0.25, 0.3) is 0 Å². The Hall–Kier alpha value is -3.41.